The van der Waals surface area contributed by atoms with Gasteiger partial charge in [0.1, 0.15) is 0 Å². The number of pyridine rings is 1. The van der Waals surface area contributed by atoms with Gasteiger partial charge in [0.05, 0.1) is 0 Å². The third kappa shape index (κ3) is 3.29. The number of aromatic nitrogens is 1. The molecule has 112 valence electrons. The maximum atomic E-state index is 12.4. The van der Waals surface area contributed by atoms with Crippen molar-refractivity contribution >= 4 is 16.0 Å². The molecule has 2 heterocycles. The van der Waals surface area contributed by atoms with Crippen LogP contribution in [0.4, 0.5) is 0 Å². The molecular formula is C13H14N2O5S. The van der Waals surface area contributed by atoms with Gasteiger partial charge in [-0.2, -0.15) is 4.31 Å². The van der Waals surface area contributed by atoms with Crippen molar-refractivity contribution < 1.29 is 22.7 Å². The van der Waals surface area contributed by atoms with E-state index in [9.17, 15) is 13.2 Å². The fraction of sp³-hybridized carbons (Fsp3) is 0.231. The van der Waals surface area contributed by atoms with Crippen LogP contribution in [0.2, 0.25) is 0 Å². The Bertz CT molecular complexity index is 724. The number of carbonyl (C=O) groups is 1. The van der Waals surface area contributed by atoms with Crippen LogP contribution in [-0.4, -0.2) is 35.3 Å². The van der Waals surface area contributed by atoms with Crippen molar-refractivity contribution in [1.29, 1.82) is 0 Å². The van der Waals surface area contributed by atoms with E-state index in [4.69, 9.17) is 9.52 Å². The molecule has 0 aliphatic carbocycles. The first-order chi connectivity index (χ1) is 9.95. The van der Waals surface area contributed by atoms with Crippen LogP contribution in [0.3, 0.4) is 0 Å². The number of furan rings is 1. The quantitative estimate of drug-likeness (QED) is 0.869. The van der Waals surface area contributed by atoms with Crippen molar-refractivity contribution in [1.82, 2.24) is 9.29 Å². The lowest BCUT2D eigenvalue weighted by Gasteiger charge is -2.18. The van der Waals surface area contributed by atoms with Gasteiger partial charge in [0.15, 0.2) is 0 Å². The lowest BCUT2D eigenvalue weighted by Crippen LogP contribution is -2.30. The molecule has 0 spiro atoms. The Labute approximate surface area is 121 Å². The lowest BCUT2D eigenvalue weighted by atomic mass is 10.3. The topological polar surface area (TPSA) is 101 Å². The number of sulfonamides is 1. The highest BCUT2D eigenvalue weighted by Gasteiger charge is 2.27. The van der Waals surface area contributed by atoms with Gasteiger partial charge in [-0.3, -0.25) is 4.98 Å². The zero-order valence-corrected chi connectivity index (χ0v) is 12.1. The normalized spacial score (nSPS) is 11.7. The van der Waals surface area contributed by atoms with Crippen LogP contribution in [0.25, 0.3) is 0 Å². The molecule has 0 unspecified atom stereocenters. The van der Waals surface area contributed by atoms with Crippen LogP contribution in [0.5, 0.6) is 0 Å². The van der Waals surface area contributed by atoms with E-state index in [1.807, 2.05) is 0 Å². The van der Waals surface area contributed by atoms with Crippen LogP contribution in [0.15, 0.2) is 46.2 Å². The summed E-state index contributed by atoms with van der Waals surface area (Å²) in [6, 6.07) is 5.69. The van der Waals surface area contributed by atoms with E-state index < -0.39 is 21.8 Å². The molecule has 2 rings (SSSR count). The Kier molecular flexibility index (Phi) is 4.39. The molecule has 0 radical (unpaired) electrons. The van der Waals surface area contributed by atoms with E-state index in [0.717, 1.165) is 17.7 Å². The monoisotopic (exact) mass is 310 g/mol. The summed E-state index contributed by atoms with van der Waals surface area (Å²) in [5.74, 6) is -1.72. The summed E-state index contributed by atoms with van der Waals surface area (Å²) in [4.78, 5) is 14.6. The Morgan fingerprint density at radius 2 is 1.95 bits per heavy atom. The minimum atomic E-state index is -3.88. The van der Waals surface area contributed by atoms with Gasteiger partial charge in [0.2, 0.25) is 10.9 Å². The first-order valence-electron chi connectivity index (χ1n) is 6.17. The molecule has 0 aromatic carbocycles. The smallest absolute Gasteiger partial charge is 0.371 e. The maximum Gasteiger partial charge on any atom is 0.371 e. The number of carboxylic acids is 1. The molecule has 0 saturated carbocycles. The fourth-order valence-corrected chi connectivity index (χ4v) is 3.11. The summed E-state index contributed by atoms with van der Waals surface area (Å²) >= 11 is 0. The summed E-state index contributed by atoms with van der Waals surface area (Å²) in [6.45, 7) is 2.08. The van der Waals surface area contributed by atoms with Gasteiger partial charge in [0, 0.05) is 25.5 Å². The second-order valence-corrected chi connectivity index (χ2v) is 6.08. The standard InChI is InChI=1S/C13H14N2O5S/c1-2-15(9-10-5-7-14-8-6-10)21(18,19)12-4-3-11(20-12)13(16)17/h3-8H,2,9H2,1H3,(H,16,17). The first kappa shape index (κ1) is 15.2. The van der Waals surface area contributed by atoms with Gasteiger partial charge in [-0.1, -0.05) is 6.92 Å². The number of hydrogen-bond acceptors (Lipinski definition) is 5. The summed E-state index contributed by atoms with van der Waals surface area (Å²) in [5.41, 5.74) is 0.778. The molecule has 8 heteroatoms. The van der Waals surface area contributed by atoms with E-state index in [2.05, 4.69) is 4.98 Å². The van der Waals surface area contributed by atoms with Crippen molar-refractivity contribution in [3.8, 4) is 0 Å². The molecule has 0 fully saturated rings. The fourth-order valence-electron chi connectivity index (χ4n) is 1.76. The lowest BCUT2D eigenvalue weighted by molar-refractivity contribution is 0.0656. The maximum absolute atomic E-state index is 12.4. The average molecular weight is 310 g/mol. The van der Waals surface area contributed by atoms with E-state index in [1.54, 1.807) is 31.5 Å². The van der Waals surface area contributed by atoms with Crippen LogP contribution in [0.1, 0.15) is 23.0 Å². The van der Waals surface area contributed by atoms with Gasteiger partial charge < -0.3 is 9.52 Å². The summed E-state index contributed by atoms with van der Waals surface area (Å²) in [5, 5.41) is 8.41. The van der Waals surface area contributed by atoms with E-state index in [-0.39, 0.29) is 18.2 Å². The number of rotatable bonds is 6. The van der Waals surface area contributed by atoms with Gasteiger partial charge >= 0.3 is 5.97 Å². The second-order valence-electron chi connectivity index (χ2n) is 4.21. The third-order valence-corrected chi connectivity index (χ3v) is 4.64. The van der Waals surface area contributed by atoms with Crippen molar-refractivity contribution in [2.75, 3.05) is 6.54 Å². The van der Waals surface area contributed by atoms with Crippen molar-refractivity contribution in [2.45, 2.75) is 18.6 Å². The Morgan fingerprint density at radius 1 is 1.29 bits per heavy atom. The van der Waals surface area contributed by atoms with Gasteiger partial charge in [-0.05, 0) is 29.8 Å². The molecular weight excluding hydrogens is 296 g/mol. The number of aromatic carboxylic acids is 1. The molecule has 2 aromatic rings. The van der Waals surface area contributed by atoms with Crippen LogP contribution >= 0.6 is 0 Å². The molecule has 0 saturated heterocycles. The highest BCUT2D eigenvalue weighted by Crippen LogP contribution is 2.20. The molecule has 0 aliphatic heterocycles. The molecule has 0 atom stereocenters. The number of hydrogen-bond donors (Lipinski definition) is 1. The predicted molar refractivity (Wildman–Crippen MR) is 73.2 cm³/mol. The highest BCUT2D eigenvalue weighted by molar-refractivity contribution is 7.89. The molecule has 0 amide bonds. The van der Waals surface area contributed by atoms with Crippen LogP contribution in [-0.2, 0) is 16.6 Å². The van der Waals surface area contributed by atoms with E-state index >= 15 is 0 Å². The van der Waals surface area contributed by atoms with E-state index in [0.29, 0.717) is 0 Å². The number of nitrogens with zero attached hydrogens (tertiary/aromatic N) is 2. The third-order valence-electron chi connectivity index (χ3n) is 2.85. The van der Waals surface area contributed by atoms with Crippen LogP contribution < -0.4 is 0 Å². The molecule has 1 N–H and O–H groups in total. The Morgan fingerprint density at radius 3 is 2.48 bits per heavy atom. The largest absolute Gasteiger partial charge is 0.475 e. The number of carboxylic acid groups (broad SMARTS) is 1. The average Bonchev–Trinajstić information content (AvgIpc) is 2.96. The second kappa shape index (κ2) is 6.06. The zero-order valence-electron chi connectivity index (χ0n) is 11.3. The van der Waals surface area contributed by atoms with Crippen molar-refractivity contribution in [2.24, 2.45) is 0 Å². The summed E-state index contributed by atoms with van der Waals surface area (Å²) in [7, 11) is -3.88. The Balaban J connectivity index is 2.28. The predicted octanol–water partition coefficient (Wildman–Crippen LogP) is 1.58. The Hall–Kier alpha value is -2.19. The molecule has 0 aliphatic rings. The van der Waals surface area contributed by atoms with Gasteiger partial charge in [-0.25, -0.2) is 13.2 Å². The van der Waals surface area contributed by atoms with Gasteiger partial charge in [0.25, 0.3) is 10.0 Å². The summed E-state index contributed by atoms with van der Waals surface area (Å²) in [6.07, 6.45) is 3.15. The minimum Gasteiger partial charge on any atom is -0.475 e. The molecule has 2 aromatic heterocycles. The van der Waals surface area contributed by atoms with E-state index in [1.165, 1.54) is 4.31 Å². The minimum absolute atomic E-state index is 0.157. The first-order valence-corrected chi connectivity index (χ1v) is 7.61. The van der Waals surface area contributed by atoms with Crippen molar-refractivity contribution in [3.05, 3.63) is 48.0 Å². The van der Waals surface area contributed by atoms with Crippen LogP contribution in [0, 0.1) is 0 Å². The summed E-state index contributed by atoms with van der Waals surface area (Å²) < 4.78 is 30.9. The van der Waals surface area contributed by atoms with Gasteiger partial charge in [-0.15, -0.1) is 0 Å². The zero-order chi connectivity index (χ0) is 15.5. The molecule has 21 heavy (non-hydrogen) atoms. The highest BCUT2D eigenvalue weighted by atomic mass is 32.2. The molecule has 0 bridgehead atoms. The molecule has 7 nitrogen and oxygen atoms in total. The SMILES string of the molecule is CCN(Cc1ccncc1)S(=O)(=O)c1ccc(C(=O)O)o1. The van der Waals surface area contributed by atoms with Crippen molar-refractivity contribution in [3.63, 3.8) is 0 Å².